The Morgan fingerprint density at radius 3 is 2.94 bits per heavy atom. The first-order valence-electron chi connectivity index (χ1n) is 6.29. The van der Waals surface area contributed by atoms with E-state index in [1.54, 1.807) is 13.3 Å². The van der Waals surface area contributed by atoms with E-state index in [2.05, 4.69) is 31.5 Å². The molecule has 100 valence electrons. The summed E-state index contributed by atoms with van der Waals surface area (Å²) in [7, 11) is 1.78. The number of nitrogens with zero attached hydrogens (tertiary/aromatic N) is 1. The molecule has 2 rings (SSSR count). The topological polar surface area (TPSA) is 46.2 Å². The number of pyridine rings is 1. The zero-order valence-electron chi connectivity index (χ0n) is 10.7. The third-order valence-corrected chi connectivity index (χ3v) is 4.17. The molecule has 1 saturated heterocycles. The lowest BCUT2D eigenvalue weighted by molar-refractivity contribution is 0.0636. The fraction of sp³-hybridized carbons (Fsp3) is 0.615. The molecule has 0 bridgehead atoms. The molecule has 0 saturated carbocycles. The monoisotopic (exact) mass is 313 g/mol. The second kappa shape index (κ2) is 6.50. The van der Waals surface area contributed by atoms with E-state index < -0.39 is 0 Å². The van der Waals surface area contributed by atoms with E-state index in [0.717, 1.165) is 49.2 Å². The Kier molecular flexibility index (Phi) is 4.97. The molecule has 2 N–H and O–H groups in total. The molecular weight excluding hydrogens is 294 g/mol. The van der Waals surface area contributed by atoms with Crippen molar-refractivity contribution >= 4 is 21.6 Å². The van der Waals surface area contributed by atoms with Gasteiger partial charge in [-0.2, -0.15) is 0 Å². The minimum absolute atomic E-state index is 0.239. The fourth-order valence-electron chi connectivity index (χ4n) is 2.44. The van der Waals surface area contributed by atoms with Crippen molar-refractivity contribution in [3.8, 4) is 0 Å². The van der Waals surface area contributed by atoms with Crippen LogP contribution in [0.5, 0.6) is 0 Å². The summed E-state index contributed by atoms with van der Waals surface area (Å²) in [4.78, 5) is 4.07. The van der Waals surface area contributed by atoms with Crippen molar-refractivity contribution in [2.24, 2.45) is 5.41 Å². The summed E-state index contributed by atoms with van der Waals surface area (Å²) < 4.78 is 6.42. The SMILES string of the molecule is COCC1(CNc2ccncc2Br)CCNCC1. The maximum absolute atomic E-state index is 5.41. The van der Waals surface area contributed by atoms with Crippen LogP contribution in [0.25, 0.3) is 0 Å². The van der Waals surface area contributed by atoms with Gasteiger partial charge in [0.2, 0.25) is 0 Å². The molecule has 0 atom stereocenters. The molecule has 1 aromatic heterocycles. The van der Waals surface area contributed by atoms with Crippen LogP contribution < -0.4 is 10.6 Å². The van der Waals surface area contributed by atoms with Crippen LogP contribution in [0, 0.1) is 5.41 Å². The zero-order valence-corrected chi connectivity index (χ0v) is 12.3. The molecule has 0 amide bonds. The van der Waals surface area contributed by atoms with Gasteiger partial charge >= 0.3 is 0 Å². The Hall–Kier alpha value is -0.650. The lowest BCUT2D eigenvalue weighted by Crippen LogP contribution is -2.44. The van der Waals surface area contributed by atoms with Crippen molar-refractivity contribution < 1.29 is 4.74 Å². The molecule has 18 heavy (non-hydrogen) atoms. The van der Waals surface area contributed by atoms with Crippen LogP contribution in [0.15, 0.2) is 22.9 Å². The lowest BCUT2D eigenvalue weighted by Gasteiger charge is -2.37. The summed E-state index contributed by atoms with van der Waals surface area (Å²) in [6, 6.07) is 1.99. The summed E-state index contributed by atoms with van der Waals surface area (Å²) >= 11 is 3.51. The van der Waals surface area contributed by atoms with Crippen LogP contribution >= 0.6 is 15.9 Å². The van der Waals surface area contributed by atoms with E-state index in [4.69, 9.17) is 4.74 Å². The predicted molar refractivity (Wildman–Crippen MR) is 76.8 cm³/mol. The number of piperidine rings is 1. The summed E-state index contributed by atoms with van der Waals surface area (Å²) in [5.41, 5.74) is 1.34. The Morgan fingerprint density at radius 1 is 1.50 bits per heavy atom. The molecule has 5 heteroatoms. The second-order valence-electron chi connectivity index (χ2n) is 4.89. The van der Waals surface area contributed by atoms with E-state index in [1.807, 2.05) is 12.3 Å². The van der Waals surface area contributed by atoms with Gasteiger partial charge in [-0.05, 0) is 47.9 Å². The molecule has 0 spiro atoms. The number of halogens is 1. The van der Waals surface area contributed by atoms with Gasteiger partial charge in [0.1, 0.15) is 0 Å². The van der Waals surface area contributed by atoms with Crippen molar-refractivity contribution in [1.82, 2.24) is 10.3 Å². The molecule has 0 unspecified atom stereocenters. The van der Waals surface area contributed by atoms with Gasteiger partial charge in [-0.15, -0.1) is 0 Å². The highest BCUT2D eigenvalue weighted by atomic mass is 79.9. The van der Waals surface area contributed by atoms with Gasteiger partial charge in [0.05, 0.1) is 16.8 Å². The van der Waals surface area contributed by atoms with E-state index in [0.29, 0.717) is 0 Å². The molecule has 1 aromatic rings. The highest BCUT2D eigenvalue weighted by Gasteiger charge is 2.31. The fourth-order valence-corrected chi connectivity index (χ4v) is 2.83. The van der Waals surface area contributed by atoms with Gasteiger partial charge in [0, 0.05) is 31.5 Å². The molecular formula is C13H20BrN3O. The first-order valence-corrected chi connectivity index (χ1v) is 7.08. The number of nitrogens with one attached hydrogen (secondary N) is 2. The largest absolute Gasteiger partial charge is 0.384 e. The molecule has 2 heterocycles. The van der Waals surface area contributed by atoms with Crippen LogP contribution in [0.4, 0.5) is 5.69 Å². The van der Waals surface area contributed by atoms with Crippen molar-refractivity contribution in [1.29, 1.82) is 0 Å². The molecule has 1 fully saturated rings. The Balaban J connectivity index is 1.99. The van der Waals surface area contributed by atoms with Gasteiger partial charge in [-0.1, -0.05) is 0 Å². The number of hydrogen-bond acceptors (Lipinski definition) is 4. The first kappa shape index (κ1) is 13.8. The first-order chi connectivity index (χ1) is 8.76. The third-order valence-electron chi connectivity index (χ3n) is 3.54. The van der Waals surface area contributed by atoms with Gasteiger partial charge in [-0.25, -0.2) is 0 Å². The molecule has 1 aliphatic heterocycles. The minimum atomic E-state index is 0.239. The Morgan fingerprint density at radius 2 is 2.28 bits per heavy atom. The quantitative estimate of drug-likeness (QED) is 0.875. The summed E-state index contributed by atoms with van der Waals surface area (Å²) in [5.74, 6) is 0. The normalized spacial score (nSPS) is 18.6. The number of anilines is 1. The van der Waals surface area contributed by atoms with Crippen LogP contribution in [-0.2, 0) is 4.74 Å². The highest BCUT2D eigenvalue weighted by molar-refractivity contribution is 9.10. The summed E-state index contributed by atoms with van der Waals surface area (Å²) in [5, 5.41) is 6.92. The van der Waals surface area contributed by atoms with Crippen molar-refractivity contribution in [3.05, 3.63) is 22.9 Å². The molecule has 4 nitrogen and oxygen atoms in total. The van der Waals surface area contributed by atoms with Crippen LogP contribution in [0.2, 0.25) is 0 Å². The molecule has 1 aliphatic rings. The van der Waals surface area contributed by atoms with Gasteiger partial charge in [-0.3, -0.25) is 4.98 Å². The summed E-state index contributed by atoms with van der Waals surface area (Å²) in [6.07, 6.45) is 5.92. The predicted octanol–water partition coefficient (Wildman–Crippen LogP) is 2.27. The lowest BCUT2D eigenvalue weighted by atomic mass is 9.79. The van der Waals surface area contributed by atoms with Crippen molar-refractivity contribution in [2.75, 3.05) is 38.7 Å². The van der Waals surface area contributed by atoms with Crippen LogP contribution in [0.1, 0.15) is 12.8 Å². The average molecular weight is 314 g/mol. The maximum atomic E-state index is 5.41. The smallest absolute Gasteiger partial charge is 0.0590 e. The van der Waals surface area contributed by atoms with Crippen LogP contribution in [0.3, 0.4) is 0 Å². The van der Waals surface area contributed by atoms with Gasteiger partial charge in [0.25, 0.3) is 0 Å². The van der Waals surface area contributed by atoms with E-state index in [9.17, 15) is 0 Å². The Bertz CT molecular complexity index is 375. The molecule has 0 aromatic carbocycles. The minimum Gasteiger partial charge on any atom is -0.384 e. The number of hydrogen-bond donors (Lipinski definition) is 2. The number of rotatable bonds is 5. The standard InChI is InChI=1S/C13H20BrN3O/c1-18-10-13(3-6-15-7-4-13)9-17-12-2-5-16-8-11(12)14/h2,5,8,15H,3-4,6-7,9-10H2,1H3,(H,16,17). The van der Waals surface area contributed by atoms with E-state index in [-0.39, 0.29) is 5.41 Å². The average Bonchev–Trinajstić information content (AvgIpc) is 2.39. The zero-order chi connectivity index (χ0) is 12.8. The van der Waals surface area contributed by atoms with Gasteiger partial charge < -0.3 is 15.4 Å². The van der Waals surface area contributed by atoms with E-state index >= 15 is 0 Å². The van der Waals surface area contributed by atoms with E-state index in [1.165, 1.54) is 0 Å². The van der Waals surface area contributed by atoms with Gasteiger partial charge in [0.15, 0.2) is 0 Å². The Labute approximate surface area is 117 Å². The van der Waals surface area contributed by atoms with Crippen LogP contribution in [-0.4, -0.2) is 38.3 Å². The highest BCUT2D eigenvalue weighted by Crippen LogP contribution is 2.30. The van der Waals surface area contributed by atoms with Crippen molar-refractivity contribution in [2.45, 2.75) is 12.8 Å². The number of methoxy groups -OCH3 is 1. The molecule has 0 radical (unpaired) electrons. The maximum Gasteiger partial charge on any atom is 0.0590 e. The summed E-state index contributed by atoms with van der Waals surface area (Å²) in [6.45, 7) is 3.89. The number of ether oxygens (including phenoxy) is 1. The molecule has 0 aliphatic carbocycles. The van der Waals surface area contributed by atoms with Crippen molar-refractivity contribution in [3.63, 3.8) is 0 Å². The number of aromatic nitrogens is 1. The third kappa shape index (κ3) is 3.43. The second-order valence-corrected chi connectivity index (χ2v) is 5.75.